The van der Waals surface area contributed by atoms with Gasteiger partial charge in [0.2, 0.25) is 5.91 Å². The van der Waals surface area contributed by atoms with Crippen molar-refractivity contribution in [3.05, 3.63) is 36.5 Å². The normalized spacial score (nSPS) is 13.5. The molecule has 0 aromatic rings. The first-order valence-corrected chi connectivity index (χ1v) is 26.2. The maximum atomic E-state index is 13.2. The van der Waals surface area contributed by atoms with Crippen molar-refractivity contribution in [1.82, 2.24) is 5.32 Å². The van der Waals surface area contributed by atoms with Crippen molar-refractivity contribution < 1.29 is 24.5 Å². The van der Waals surface area contributed by atoms with Gasteiger partial charge in [0.1, 0.15) is 6.10 Å². The number of allylic oxidation sites excluding steroid dienone is 6. The minimum Gasteiger partial charge on any atom is -0.462 e. The zero-order valence-electron chi connectivity index (χ0n) is 40.1. The van der Waals surface area contributed by atoms with Gasteiger partial charge < -0.3 is 20.3 Å². The van der Waals surface area contributed by atoms with Gasteiger partial charge in [-0.2, -0.15) is 0 Å². The minimum absolute atomic E-state index is 0.0763. The van der Waals surface area contributed by atoms with E-state index in [-0.39, 0.29) is 24.9 Å². The molecule has 3 atom stereocenters. The van der Waals surface area contributed by atoms with Crippen LogP contribution in [0, 0.1) is 0 Å². The van der Waals surface area contributed by atoms with Crippen LogP contribution in [0.25, 0.3) is 0 Å². The number of aliphatic hydroxyl groups excluding tert-OH is 2. The van der Waals surface area contributed by atoms with E-state index in [4.69, 9.17) is 4.74 Å². The Labute approximate surface area is 373 Å². The number of hydrogen-bond acceptors (Lipinski definition) is 5. The molecule has 0 spiro atoms. The average Bonchev–Trinajstić information content (AvgIpc) is 3.24. The molecular formula is C54H101NO5. The standard InChI is InChI=1S/C54H101NO5/c1-4-7-10-13-16-19-22-24-26-27-29-32-35-38-41-44-47-54(59)60-50(45-42-39-36-33-31-28-25-23-20-17-14-11-8-5-2)48-53(58)55-51(49-56)52(57)46-43-40-37-34-30-21-18-15-12-9-6-3/h7,10,16,19,24,26,50-52,56-57H,4-6,8-9,11-15,17-18,20-23,25,27-49H2,1-3H3,(H,55,58)/b10-7+,19-16+,26-24+. The Kier molecular flexibility index (Phi) is 46.6. The van der Waals surface area contributed by atoms with Crippen molar-refractivity contribution in [2.45, 2.75) is 289 Å². The van der Waals surface area contributed by atoms with E-state index >= 15 is 0 Å². The van der Waals surface area contributed by atoms with Crippen LogP contribution in [0.4, 0.5) is 0 Å². The molecule has 0 rings (SSSR count). The predicted molar refractivity (Wildman–Crippen MR) is 259 cm³/mol. The Morgan fingerprint density at radius 2 is 0.900 bits per heavy atom. The molecule has 60 heavy (non-hydrogen) atoms. The molecule has 0 heterocycles. The summed E-state index contributed by atoms with van der Waals surface area (Å²) in [5, 5.41) is 23.7. The highest BCUT2D eigenvalue weighted by atomic mass is 16.5. The maximum absolute atomic E-state index is 13.2. The lowest BCUT2D eigenvalue weighted by atomic mass is 10.0. The monoisotopic (exact) mass is 844 g/mol. The summed E-state index contributed by atoms with van der Waals surface area (Å²) < 4.78 is 5.94. The van der Waals surface area contributed by atoms with Crippen LogP contribution in [0.2, 0.25) is 0 Å². The molecule has 3 N–H and O–H groups in total. The van der Waals surface area contributed by atoms with Crippen LogP contribution in [0.1, 0.15) is 271 Å². The number of amides is 1. The molecule has 0 aromatic heterocycles. The van der Waals surface area contributed by atoms with Gasteiger partial charge in [-0.3, -0.25) is 9.59 Å². The first kappa shape index (κ1) is 58.1. The van der Waals surface area contributed by atoms with E-state index in [1.54, 1.807) is 0 Å². The fourth-order valence-corrected chi connectivity index (χ4v) is 8.03. The van der Waals surface area contributed by atoms with Crippen molar-refractivity contribution in [3.63, 3.8) is 0 Å². The molecule has 0 saturated heterocycles. The highest BCUT2D eigenvalue weighted by Crippen LogP contribution is 2.18. The number of aliphatic hydroxyl groups is 2. The molecule has 0 aliphatic heterocycles. The van der Waals surface area contributed by atoms with Crippen LogP contribution >= 0.6 is 0 Å². The van der Waals surface area contributed by atoms with Crippen molar-refractivity contribution in [2.24, 2.45) is 0 Å². The zero-order chi connectivity index (χ0) is 43.8. The van der Waals surface area contributed by atoms with Gasteiger partial charge in [0.25, 0.3) is 0 Å². The summed E-state index contributed by atoms with van der Waals surface area (Å²) in [7, 11) is 0. The summed E-state index contributed by atoms with van der Waals surface area (Å²) in [4.78, 5) is 26.1. The molecule has 0 saturated carbocycles. The largest absolute Gasteiger partial charge is 0.462 e. The molecule has 0 bridgehead atoms. The molecule has 3 unspecified atom stereocenters. The summed E-state index contributed by atoms with van der Waals surface area (Å²) in [6.07, 6.45) is 56.3. The molecule has 0 fully saturated rings. The van der Waals surface area contributed by atoms with E-state index in [2.05, 4.69) is 62.5 Å². The maximum Gasteiger partial charge on any atom is 0.306 e. The Hall–Kier alpha value is -1.92. The highest BCUT2D eigenvalue weighted by molar-refractivity contribution is 5.77. The number of hydrogen-bond donors (Lipinski definition) is 3. The van der Waals surface area contributed by atoms with E-state index in [1.165, 1.54) is 154 Å². The summed E-state index contributed by atoms with van der Waals surface area (Å²) in [5.74, 6) is -0.477. The molecule has 352 valence electrons. The minimum atomic E-state index is -0.786. The van der Waals surface area contributed by atoms with Gasteiger partial charge in [0, 0.05) is 6.42 Å². The van der Waals surface area contributed by atoms with Gasteiger partial charge in [0.15, 0.2) is 0 Å². The third-order valence-corrected chi connectivity index (χ3v) is 12.0. The number of esters is 1. The number of carbonyl (C=O) groups excluding carboxylic acids is 2. The van der Waals surface area contributed by atoms with E-state index in [1.807, 2.05) is 0 Å². The lowest BCUT2D eigenvalue weighted by molar-refractivity contribution is -0.151. The molecule has 0 radical (unpaired) electrons. The highest BCUT2D eigenvalue weighted by Gasteiger charge is 2.24. The fraction of sp³-hybridized carbons (Fsp3) is 0.852. The first-order chi connectivity index (χ1) is 29.5. The van der Waals surface area contributed by atoms with Crippen molar-refractivity contribution in [1.29, 1.82) is 0 Å². The number of unbranched alkanes of at least 4 members (excludes halogenated alkanes) is 29. The summed E-state index contributed by atoms with van der Waals surface area (Å²) >= 11 is 0. The van der Waals surface area contributed by atoms with Crippen LogP contribution in [0.15, 0.2) is 36.5 Å². The second-order valence-corrected chi connectivity index (χ2v) is 17.9. The van der Waals surface area contributed by atoms with Gasteiger partial charge in [-0.05, 0) is 57.8 Å². The van der Waals surface area contributed by atoms with Gasteiger partial charge in [-0.25, -0.2) is 0 Å². The summed E-state index contributed by atoms with van der Waals surface area (Å²) in [6.45, 7) is 6.38. The lowest BCUT2D eigenvalue weighted by Crippen LogP contribution is -2.46. The van der Waals surface area contributed by atoms with Gasteiger partial charge in [-0.15, -0.1) is 0 Å². The Bertz CT molecular complexity index is 993. The summed E-state index contributed by atoms with van der Waals surface area (Å²) in [5.41, 5.74) is 0. The molecule has 6 heteroatoms. The molecule has 0 aliphatic carbocycles. The lowest BCUT2D eigenvalue weighted by Gasteiger charge is -2.24. The third-order valence-electron chi connectivity index (χ3n) is 12.0. The zero-order valence-corrected chi connectivity index (χ0v) is 40.1. The average molecular weight is 844 g/mol. The van der Waals surface area contributed by atoms with E-state index in [0.717, 1.165) is 70.6 Å². The van der Waals surface area contributed by atoms with Gasteiger partial charge in [0.05, 0.1) is 25.2 Å². The van der Waals surface area contributed by atoms with Crippen LogP contribution in [0.5, 0.6) is 0 Å². The molecule has 6 nitrogen and oxygen atoms in total. The topological polar surface area (TPSA) is 95.9 Å². The Balaban J connectivity index is 4.57. The SMILES string of the molecule is CC/C=C/C/C=C/C/C=C/CCCCCCCCC(=O)OC(CCCCCCCCCCCCCCCC)CC(=O)NC(CO)C(O)CCCCCCCCCCCCC. The number of ether oxygens (including phenoxy) is 1. The molecular weight excluding hydrogens is 743 g/mol. The Morgan fingerprint density at radius 3 is 1.37 bits per heavy atom. The number of carbonyl (C=O) groups is 2. The number of rotatable bonds is 47. The molecule has 0 aromatic carbocycles. The van der Waals surface area contributed by atoms with Crippen molar-refractivity contribution in [3.8, 4) is 0 Å². The van der Waals surface area contributed by atoms with Gasteiger partial charge >= 0.3 is 5.97 Å². The Morgan fingerprint density at radius 1 is 0.500 bits per heavy atom. The second kappa shape index (κ2) is 48.1. The number of nitrogens with one attached hydrogen (secondary N) is 1. The molecule has 1 amide bonds. The van der Waals surface area contributed by atoms with Crippen LogP contribution < -0.4 is 5.32 Å². The smallest absolute Gasteiger partial charge is 0.306 e. The van der Waals surface area contributed by atoms with E-state index in [0.29, 0.717) is 19.3 Å². The van der Waals surface area contributed by atoms with Gasteiger partial charge in [-0.1, -0.05) is 237 Å². The third kappa shape index (κ3) is 42.8. The van der Waals surface area contributed by atoms with E-state index < -0.39 is 18.2 Å². The molecule has 0 aliphatic rings. The van der Waals surface area contributed by atoms with Crippen molar-refractivity contribution >= 4 is 11.9 Å². The van der Waals surface area contributed by atoms with Crippen LogP contribution in [-0.4, -0.2) is 46.9 Å². The quantitative estimate of drug-likeness (QED) is 0.0322. The van der Waals surface area contributed by atoms with Crippen LogP contribution in [-0.2, 0) is 14.3 Å². The summed E-state index contributed by atoms with van der Waals surface area (Å²) in [6, 6.07) is -0.700. The fourth-order valence-electron chi connectivity index (χ4n) is 8.03. The van der Waals surface area contributed by atoms with Crippen molar-refractivity contribution in [2.75, 3.05) is 6.61 Å². The first-order valence-electron chi connectivity index (χ1n) is 26.2. The van der Waals surface area contributed by atoms with E-state index in [9.17, 15) is 19.8 Å². The predicted octanol–water partition coefficient (Wildman–Crippen LogP) is 15.7. The van der Waals surface area contributed by atoms with Crippen LogP contribution in [0.3, 0.4) is 0 Å². The second-order valence-electron chi connectivity index (χ2n) is 17.9.